The first-order chi connectivity index (χ1) is 4.76. The smallest absolute Gasteiger partial charge is 0.320 e. The number of aliphatic hydroxyl groups is 2. The summed E-state index contributed by atoms with van der Waals surface area (Å²) in [6, 6.07) is -0.921. The van der Waals surface area contributed by atoms with Gasteiger partial charge in [0.2, 0.25) is 5.91 Å². The number of carboxylic acids is 1. The summed E-state index contributed by atoms with van der Waals surface area (Å²) in [5.41, 5.74) is 0. The molecule has 0 fully saturated rings. The fraction of sp³-hybridized carbons (Fsp3) is 0.833. The van der Waals surface area contributed by atoms with Gasteiger partial charge in [-0.25, -0.2) is 4.90 Å². The monoisotopic (exact) mass is 163 g/mol. The van der Waals surface area contributed by atoms with Crippen LogP contribution in [0.3, 0.4) is 0 Å². The van der Waals surface area contributed by atoms with Gasteiger partial charge in [0.1, 0.15) is 6.04 Å². The van der Waals surface area contributed by atoms with Gasteiger partial charge in [0.15, 0.2) is 0 Å². The molecule has 0 heterocycles. The molecule has 0 aromatic heterocycles. The molecule has 5 nitrogen and oxygen atoms in total. The lowest BCUT2D eigenvalue weighted by Crippen LogP contribution is -2.51. The van der Waals surface area contributed by atoms with E-state index in [1.54, 1.807) is 0 Å². The number of likely N-dealkylation sites (N-methyl/N-ethyl adjacent to an activating group) is 1. The molecule has 0 aliphatic rings. The molecule has 0 spiro atoms. The van der Waals surface area contributed by atoms with Crippen molar-refractivity contribution in [3.63, 3.8) is 0 Å². The van der Waals surface area contributed by atoms with Gasteiger partial charge in [-0.05, 0) is 14.0 Å². The second kappa shape index (κ2) is 3.17. The van der Waals surface area contributed by atoms with Gasteiger partial charge in [-0.3, -0.25) is 4.79 Å². The zero-order valence-corrected chi connectivity index (χ0v) is 6.77. The lowest BCUT2D eigenvalue weighted by atomic mass is 10.3. The molecule has 0 saturated heterocycles. The van der Waals surface area contributed by atoms with Crippen molar-refractivity contribution in [1.82, 2.24) is 4.90 Å². The van der Waals surface area contributed by atoms with Gasteiger partial charge < -0.3 is 15.3 Å². The molecular formula is C6H13NO4. The fourth-order valence-electron chi connectivity index (χ4n) is 0.533. The van der Waals surface area contributed by atoms with Gasteiger partial charge in [0.05, 0.1) is 0 Å². The average molecular weight is 163 g/mol. The molecule has 0 aliphatic heterocycles. The summed E-state index contributed by atoms with van der Waals surface area (Å²) >= 11 is 0. The van der Waals surface area contributed by atoms with Gasteiger partial charge in [-0.15, -0.1) is 0 Å². The molecule has 0 aromatic rings. The largest absolute Gasteiger partial charge is 0.480 e. The Morgan fingerprint density at radius 2 is 1.91 bits per heavy atom. The summed E-state index contributed by atoms with van der Waals surface area (Å²) in [7, 11) is 1.32. The second-order valence-electron chi connectivity index (χ2n) is 2.60. The van der Waals surface area contributed by atoms with E-state index in [0.29, 0.717) is 0 Å². The Bertz CT molecular complexity index is 151. The van der Waals surface area contributed by atoms with Crippen LogP contribution in [0.1, 0.15) is 13.8 Å². The predicted octanol–water partition coefficient (Wildman–Crippen LogP) is -0.950. The summed E-state index contributed by atoms with van der Waals surface area (Å²) < 4.78 is 0. The number of carbonyl (C=O) groups is 1. The van der Waals surface area contributed by atoms with Crippen LogP contribution in [0.4, 0.5) is 0 Å². The SMILES string of the molecule is CC(C(=O)O)N(C)C(C)(O)O. The normalized spacial score (nSPS) is 15.1. The van der Waals surface area contributed by atoms with Crippen LogP contribution in [0.15, 0.2) is 0 Å². The quantitative estimate of drug-likeness (QED) is 0.467. The van der Waals surface area contributed by atoms with Crippen LogP contribution in [-0.4, -0.2) is 45.2 Å². The number of hydrogen-bond acceptors (Lipinski definition) is 4. The van der Waals surface area contributed by atoms with Crippen LogP contribution in [0, 0.1) is 0 Å². The van der Waals surface area contributed by atoms with E-state index in [0.717, 1.165) is 11.8 Å². The van der Waals surface area contributed by atoms with Gasteiger partial charge in [-0.2, -0.15) is 0 Å². The molecule has 3 N–H and O–H groups in total. The highest BCUT2D eigenvalue weighted by atomic mass is 16.5. The topological polar surface area (TPSA) is 81.0 Å². The zero-order chi connectivity index (χ0) is 9.23. The maximum absolute atomic E-state index is 10.3. The van der Waals surface area contributed by atoms with Crippen LogP contribution < -0.4 is 0 Å². The molecule has 0 rings (SSSR count). The van der Waals surface area contributed by atoms with Crippen molar-refractivity contribution in [3.05, 3.63) is 0 Å². The Morgan fingerprint density at radius 3 is 2.00 bits per heavy atom. The van der Waals surface area contributed by atoms with Crippen LogP contribution >= 0.6 is 0 Å². The number of rotatable bonds is 3. The Labute approximate surface area is 64.9 Å². The number of carboxylic acid groups (broad SMARTS) is 1. The molecule has 0 radical (unpaired) electrons. The summed E-state index contributed by atoms with van der Waals surface area (Å²) in [6.07, 6.45) is 0. The van der Waals surface area contributed by atoms with Crippen molar-refractivity contribution >= 4 is 5.97 Å². The number of hydrogen-bond donors (Lipinski definition) is 3. The Balaban J connectivity index is 4.25. The van der Waals surface area contributed by atoms with E-state index in [-0.39, 0.29) is 0 Å². The lowest BCUT2D eigenvalue weighted by molar-refractivity contribution is -0.253. The molecule has 0 aromatic carbocycles. The van der Waals surface area contributed by atoms with Gasteiger partial charge >= 0.3 is 5.97 Å². The van der Waals surface area contributed by atoms with E-state index in [1.807, 2.05) is 0 Å². The minimum absolute atomic E-state index is 0.921. The van der Waals surface area contributed by atoms with Gasteiger partial charge in [-0.1, -0.05) is 0 Å². The molecule has 0 saturated carbocycles. The first-order valence-electron chi connectivity index (χ1n) is 3.17. The van der Waals surface area contributed by atoms with E-state index in [4.69, 9.17) is 15.3 Å². The van der Waals surface area contributed by atoms with Crippen molar-refractivity contribution in [2.24, 2.45) is 0 Å². The predicted molar refractivity (Wildman–Crippen MR) is 37.7 cm³/mol. The molecule has 1 atom stereocenters. The Morgan fingerprint density at radius 1 is 1.55 bits per heavy atom. The maximum atomic E-state index is 10.3. The average Bonchev–Trinajstić information content (AvgIpc) is 1.82. The fourth-order valence-corrected chi connectivity index (χ4v) is 0.533. The highest BCUT2D eigenvalue weighted by molar-refractivity contribution is 5.72. The number of aliphatic carboxylic acids is 1. The third kappa shape index (κ3) is 2.83. The molecule has 0 amide bonds. The van der Waals surface area contributed by atoms with E-state index in [1.165, 1.54) is 14.0 Å². The molecule has 5 heteroatoms. The van der Waals surface area contributed by atoms with E-state index < -0.39 is 17.9 Å². The van der Waals surface area contributed by atoms with Crippen LogP contribution in [-0.2, 0) is 4.79 Å². The lowest BCUT2D eigenvalue weighted by Gasteiger charge is -2.31. The summed E-state index contributed by atoms with van der Waals surface area (Å²) in [5.74, 6) is -3.18. The standard InChI is InChI=1S/C6H13NO4/c1-4(5(8)9)7(3)6(2,10)11/h4,10-11H,1-3H3,(H,8,9). The molecule has 0 aliphatic carbocycles. The van der Waals surface area contributed by atoms with E-state index in [2.05, 4.69) is 0 Å². The molecule has 1 unspecified atom stereocenters. The molecule has 11 heavy (non-hydrogen) atoms. The van der Waals surface area contributed by atoms with Crippen molar-refractivity contribution in [2.75, 3.05) is 7.05 Å². The van der Waals surface area contributed by atoms with Crippen LogP contribution in [0.5, 0.6) is 0 Å². The third-order valence-electron chi connectivity index (χ3n) is 1.61. The van der Waals surface area contributed by atoms with E-state index in [9.17, 15) is 4.79 Å². The van der Waals surface area contributed by atoms with Crippen LogP contribution in [0.25, 0.3) is 0 Å². The van der Waals surface area contributed by atoms with Gasteiger partial charge in [0.25, 0.3) is 0 Å². The zero-order valence-electron chi connectivity index (χ0n) is 6.77. The molecular weight excluding hydrogens is 150 g/mol. The van der Waals surface area contributed by atoms with Crippen molar-refractivity contribution in [2.45, 2.75) is 25.8 Å². The molecule has 66 valence electrons. The summed E-state index contributed by atoms with van der Waals surface area (Å²) in [5, 5.41) is 26.3. The number of nitrogens with zero attached hydrogens (tertiary/aromatic N) is 1. The summed E-state index contributed by atoms with van der Waals surface area (Å²) in [6.45, 7) is 2.47. The third-order valence-corrected chi connectivity index (χ3v) is 1.61. The van der Waals surface area contributed by atoms with Crippen molar-refractivity contribution in [3.8, 4) is 0 Å². The van der Waals surface area contributed by atoms with Crippen LogP contribution in [0.2, 0.25) is 0 Å². The Kier molecular flexibility index (Phi) is 2.98. The molecule has 0 bridgehead atoms. The van der Waals surface area contributed by atoms with Crippen molar-refractivity contribution in [1.29, 1.82) is 0 Å². The highest BCUT2D eigenvalue weighted by Gasteiger charge is 2.30. The minimum Gasteiger partial charge on any atom is -0.480 e. The maximum Gasteiger partial charge on any atom is 0.320 e. The van der Waals surface area contributed by atoms with Crippen molar-refractivity contribution < 1.29 is 20.1 Å². The minimum atomic E-state index is -2.09. The second-order valence-corrected chi connectivity index (χ2v) is 2.60. The summed E-state index contributed by atoms with van der Waals surface area (Å²) in [4.78, 5) is 11.3. The first-order valence-corrected chi connectivity index (χ1v) is 3.17. The van der Waals surface area contributed by atoms with Gasteiger partial charge in [0, 0.05) is 6.92 Å². The highest BCUT2D eigenvalue weighted by Crippen LogP contribution is 2.08. The van der Waals surface area contributed by atoms with E-state index >= 15 is 0 Å². The first kappa shape index (κ1) is 10.3. The Hall–Kier alpha value is -0.650.